The second kappa shape index (κ2) is 7.85. The van der Waals surface area contributed by atoms with Gasteiger partial charge in [-0.05, 0) is 55.8 Å². The van der Waals surface area contributed by atoms with Crippen LogP contribution in [0.25, 0.3) is 27.9 Å². The van der Waals surface area contributed by atoms with Gasteiger partial charge in [0.2, 0.25) is 5.95 Å². The fourth-order valence-electron chi connectivity index (χ4n) is 4.69. The summed E-state index contributed by atoms with van der Waals surface area (Å²) in [4.78, 5) is 19.0. The molecule has 0 saturated carbocycles. The first-order chi connectivity index (χ1) is 16.2. The normalized spacial score (nSPS) is 16.6. The molecule has 0 amide bonds. The highest BCUT2D eigenvalue weighted by Crippen LogP contribution is 2.28. The van der Waals surface area contributed by atoms with Crippen molar-refractivity contribution in [3.05, 3.63) is 78.6 Å². The molecule has 0 aliphatic carbocycles. The lowest BCUT2D eigenvalue weighted by Crippen LogP contribution is -2.53. The topological polar surface area (TPSA) is 62.5 Å². The maximum Gasteiger partial charge on any atom is 0.229 e. The molecule has 7 nitrogen and oxygen atoms in total. The third-order valence-corrected chi connectivity index (χ3v) is 6.33. The van der Waals surface area contributed by atoms with Gasteiger partial charge in [0.15, 0.2) is 11.5 Å². The number of rotatable bonds is 3. The Morgan fingerprint density at radius 3 is 2.67 bits per heavy atom. The fraction of sp³-hybridized carbons (Fsp3) is 0.231. The Labute approximate surface area is 192 Å². The van der Waals surface area contributed by atoms with E-state index in [0.29, 0.717) is 11.9 Å². The number of hydrogen-bond donors (Lipinski definition) is 0. The van der Waals surface area contributed by atoms with E-state index in [1.807, 2.05) is 34.8 Å². The van der Waals surface area contributed by atoms with E-state index in [-0.39, 0.29) is 0 Å². The van der Waals surface area contributed by atoms with E-state index >= 15 is 0 Å². The number of fused-ring (bicyclic) bond motifs is 3. The van der Waals surface area contributed by atoms with Gasteiger partial charge in [0.05, 0.1) is 5.52 Å². The van der Waals surface area contributed by atoms with Crippen molar-refractivity contribution >= 4 is 28.2 Å². The molecule has 2 aromatic carbocycles. The molecular formula is C26H25N7. The second-order valence-corrected chi connectivity index (χ2v) is 8.67. The first-order valence-electron chi connectivity index (χ1n) is 11.3. The van der Waals surface area contributed by atoms with Gasteiger partial charge in [-0.2, -0.15) is 4.52 Å². The number of para-hydroxylation sites is 1. The van der Waals surface area contributed by atoms with Crippen LogP contribution in [0.3, 0.4) is 0 Å². The van der Waals surface area contributed by atoms with Crippen LogP contribution in [0.1, 0.15) is 12.5 Å². The van der Waals surface area contributed by atoms with Gasteiger partial charge in [0.25, 0.3) is 0 Å². The first-order valence-corrected chi connectivity index (χ1v) is 11.3. The van der Waals surface area contributed by atoms with Gasteiger partial charge in [0, 0.05) is 54.7 Å². The summed E-state index contributed by atoms with van der Waals surface area (Å²) in [7, 11) is 0. The smallest absolute Gasteiger partial charge is 0.229 e. The lowest BCUT2D eigenvalue weighted by molar-refractivity contribution is 0.539. The summed E-state index contributed by atoms with van der Waals surface area (Å²) in [6, 6.07) is 21.1. The van der Waals surface area contributed by atoms with Crippen LogP contribution in [0.15, 0.2) is 73.1 Å². The van der Waals surface area contributed by atoms with Crippen molar-refractivity contribution in [2.75, 3.05) is 29.4 Å². The minimum Gasteiger partial charge on any atom is -0.365 e. The molecule has 0 N–H and O–H groups in total. The van der Waals surface area contributed by atoms with E-state index in [0.717, 1.165) is 47.7 Å². The van der Waals surface area contributed by atoms with Crippen molar-refractivity contribution in [3.8, 4) is 11.4 Å². The third kappa shape index (κ3) is 3.46. The molecule has 1 aliphatic rings. The standard InChI is InChI=1S/C26H25N7/c1-18-7-5-9-21(15-18)32-14-13-31(17-19(32)2)26-28-23-11-4-3-10-22(23)25-29-24(30-33(25)26)20-8-6-12-27-16-20/h3-12,15-16,19H,13-14,17H2,1-2H3/t19-/m0/s1. The molecule has 0 unspecified atom stereocenters. The Hall–Kier alpha value is -4.00. The predicted molar refractivity (Wildman–Crippen MR) is 132 cm³/mol. The van der Waals surface area contributed by atoms with Crippen LogP contribution in [0.5, 0.6) is 0 Å². The molecule has 0 bridgehead atoms. The SMILES string of the molecule is Cc1cccc(N2CCN(c3nc4ccccc4c4nc(-c5cccnc5)nn34)C[C@@H]2C)c1. The highest BCUT2D eigenvalue weighted by molar-refractivity contribution is 5.93. The number of nitrogens with zero attached hydrogens (tertiary/aromatic N) is 7. The number of hydrogen-bond acceptors (Lipinski definition) is 6. The molecule has 7 heteroatoms. The van der Waals surface area contributed by atoms with Crippen LogP contribution in [-0.4, -0.2) is 50.2 Å². The van der Waals surface area contributed by atoms with Crippen molar-refractivity contribution in [1.29, 1.82) is 0 Å². The van der Waals surface area contributed by atoms with Crippen LogP contribution in [-0.2, 0) is 0 Å². The van der Waals surface area contributed by atoms with Crippen molar-refractivity contribution in [1.82, 2.24) is 24.6 Å². The number of benzene rings is 2. The number of piperazine rings is 1. The van der Waals surface area contributed by atoms with Gasteiger partial charge in [-0.15, -0.1) is 5.10 Å². The predicted octanol–water partition coefficient (Wildman–Crippen LogP) is 4.36. The van der Waals surface area contributed by atoms with Crippen LogP contribution < -0.4 is 9.80 Å². The summed E-state index contributed by atoms with van der Waals surface area (Å²) < 4.78 is 1.90. The minimum absolute atomic E-state index is 0.338. The molecule has 33 heavy (non-hydrogen) atoms. The van der Waals surface area contributed by atoms with E-state index < -0.39 is 0 Å². The number of anilines is 2. The Kier molecular flexibility index (Phi) is 4.68. The molecule has 4 heterocycles. The van der Waals surface area contributed by atoms with Gasteiger partial charge in [0.1, 0.15) is 0 Å². The van der Waals surface area contributed by atoms with Crippen LogP contribution in [0.4, 0.5) is 11.6 Å². The quantitative estimate of drug-likeness (QED) is 0.420. The largest absolute Gasteiger partial charge is 0.365 e. The van der Waals surface area contributed by atoms with Crippen LogP contribution in [0.2, 0.25) is 0 Å². The average Bonchev–Trinajstić information content (AvgIpc) is 3.30. The molecule has 0 radical (unpaired) electrons. The highest BCUT2D eigenvalue weighted by atomic mass is 15.4. The van der Waals surface area contributed by atoms with E-state index in [1.165, 1.54) is 11.3 Å². The number of aromatic nitrogens is 5. The van der Waals surface area contributed by atoms with Gasteiger partial charge in [-0.25, -0.2) is 9.97 Å². The molecule has 1 aliphatic heterocycles. The molecule has 1 fully saturated rings. The summed E-state index contributed by atoms with van der Waals surface area (Å²) in [6.45, 7) is 7.06. The first kappa shape index (κ1) is 19.7. The maximum absolute atomic E-state index is 5.03. The Morgan fingerprint density at radius 1 is 0.939 bits per heavy atom. The number of aryl methyl sites for hydroxylation is 1. The zero-order valence-electron chi connectivity index (χ0n) is 18.8. The fourth-order valence-corrected chi connectivity index (χ4v) is 4.69. The average molecular weight is 436 g/mol. The van der Waals surface area contributed by atoms with Gasteiger partial charge in [-0.3, -0.25) is 4.98 Å². The summed E-state index contributed by atoms with van der Waals surface area (Å²) in [5.74, 6) is 1.50. The van der Waals surface area contributed by atoms with E-state index in [1.54, 1.807) is 12.4 Å². The molecule has 3 aromatic heterocycles. The second-order valence-electron chi connectivity index (χ2n) is 8.67. The summed E-state index contributed by atoms with van der Waals surface area (Å²) in [5, 5.41) is 5.87. The van der Waals surface area contributed by atoms with Crippen molar-refractivity contribution in [2.45, 2.75) is 19.9 Å². The summed E-state index contributed by atoms with van der Waals surface area (Å²) in [5.41, 5.74) is 5.21. The van der Waals surface area contributed by atoms with Gasteiger partial charge in [-0.1, -0.05) is 24.3 Å². The Balaban J connectivity index is 1.42. The molecule has 5 aromatic rings. The van der Waals surface area contributed by atoms with Crippen LogP contribution >= 0.6 is 0 Å². The minimum atomic E-state index is 0.338. The lowest BCUT2D eigenvalue weighted by atomic mass is 10.1. The van der Waals surface area contributed by atoms with Crippen molar-refractivity contribution < 1.29 is 0 Å². The molecule has 1 atom stereocenters. The van der Waals surface area contributed by atoms with Gasteiger partial charge >= 0.3 is 0 Å². The zero-order chi connectivity index (χ0) is 22.4. The molecule has 164 valence electrons. The molecule has 6 rings (SSSR count). The lowest BCUT2D eigenvalue weighted by Gasteiger charge is -2.41. The van der Waals surface area contributed by atoms with E-state index in [4.69, 9.17) is 15.1 Å². The van der Waals surface area contributed by atoms with E-state index in [9.17, 15) is 0 Å². The maximum atomic E-state index is 5.03. The number of pyridine rings is 1. The van der Waals surface area contributed by atoms with Crippen molar-refractivity contribution in [2.24, 2.45) is 0 Å². The van der Waals surface area contributed by atoms with Crippen LogP contribution in [0, 0.1) is 6.92 Å². The third-order valence-electron chi connectivity index (χ3n) is 6.33. The van der Waals surface area contributed by atoms with E-state index in [2.05, 4.69) is 59.0 Å². The summed E-state index contributed by atoms with van der Waals surface area (Å²) in [6.07, 6.45) is 3.56. The molecular weight excluding hydrogens is 410 g/mol. The Morgan fingerprint density at radius 2 is 1.85 bits per heavy atom. The van der Waals surface area contributed by atoms with Gasteiger partial charge < -0.3 is 9.80 Å². The molecule has 0 spiro atoms. The molecule has 1 saturated heterocycles. The Bertz CT molecular complexity index is 1440. The monoisotopic (exact) mass is 435 g/mol. The zero-order valence-corrected chi connectivity index (χ0v) is 18.8. The highest BCUT2D eigenvalue weighted by Gasteiger charge is 2.27. The summed E-state index contributed by atoms with van der Waals surface area (Å²) >= 11 is 0. The van der Waals surface area contributed by atoms with Crippen molar-refractivity contribution in [3.63, 3.8) is 0 Å².